The second kappa shape index (κ2) is 5.54. The van der Waals surface area contributed by atoms with Crippen LogP contribution < -0.4 is 10.6 Å². The SMILES string of the molecule is Cc1n[nH]c(C)c1NC(C)CC1CCCCN1. The standard InChI is InChI=1S/C13H24N4/c1-9(8-12-6-4-5-7-14-12)15-13-10(2)16-17-11(13)3/h9,12,14-15H,4-8H2,1-3H3,(H,16,17). The molecule has 0 aromatic carbocycles. The molecule has 2 rings (SSSR count). The van der Waals surface area contributed by atoms with E-state index in [-0.39, 0.29) is 0 Å². The van der Waals surface area contributed by atoms with Crippen LogP contribution in [0.4, 0.5) is 5.69 Å². The molecular formula is C13H24N4. The lowest BCUT2D eigenvalue weighted by Gasteiger charge is -2.27. The average Bonchev–Trinajstić information content (AvgIpc) is 2.62. The molecule has 1 aliphatic heterocycles. The summed E-state index contributed by atoms with van der Waals surface area (Å²) in [5.74, 6) is 0. The third kappa shape index (κ3) is 3.22. The van der Waals surface area contributed by atoms with E-state index in [1.807, 2.05) is 6.92 Å². The van der Waals surface area contributed by atoms with Gasteiger partial charge in [0.15, 0.2) is 0 Å². The monoisotopic (exact) mass is 236 g/mol. The fraction of sp³-hybridized carbons (Fsp3) is 0.769. The topological polar surface area (TPSA) is 52.7 Å². The lowest BCUT2D eigenvalue weighted by molar-refractivity contribution is 0.371. The van der Waals surface area contributed by atoms with Gasteiger partial charge in [-0.25, -0.2) is 0 Å². The molecule has 1 saturated heterocycles. The summed E-state index contributed by atoms with van der Waals surface area (Å²) in [6.07, 6.45) is 5.20. The fourth-order valence-electron chi connectivity index (χ4n) is 2.62. The van der Waals surface area contributed by atoms with Crippen molar-refractivity contribution in [3.63, 3.8) is 0 Å². The molecule has 4 nitrogen and oxygen atoms in total. The van der Waals surface area contributed by atoms with Gasteiger partial charge >= 0.3 is 0 Å². The van der Waals surface area contributed by atoms with E-state index < -0.39 is 0 Å². The molecule has 3 N–H and O–H groups in total. The highest BCUT2D eigenvalue weighted by molar-refractivity contribution is 5.51. The van der Waals surface area contributed by atoms with Gasteiger partial charge in [-0.15, -0.1) is 0 Å². The van der Waals surface area contributed by atoms with Gasteiger partial charge in [0.2, 0.25) is 0 Å². The smallest absolute Gasteiger partial charge is 0.0825 e. The van der Waals surface area contributed by atoms with Gasteiger partial charge in [-0.3, -0.25) is 5.10 Å². The predicted molar refractivity (Wildman–Crippen MR) is 71.4 cm³/mol. The lowest BCUT2D eigenvalue weighted by Crippen LogP contribution is -2.37. The molecule has 17 heavy (non-hydrogen) atoms. The van der Waals surface area contributed by atoms with E-state index in [0.29, 0.717) is 12.1 Å². The zero-order chi connectivity index (χ0) is 12.3. The maximum Gasteiger partial charge on any atom is 0.0825 e. The van der Waals surface area contributed by atoms with Crippen LogP contribution in [0, 0.1) is 13.8 Å². The van der Waals surface area contributed by atoms with Crippen LogP contribution in [0.2, 0.25) is 0 Å². The molecule has 0 aliphatic carbocycles. The Kier molecular flexibility index (Phi) is 4.05. The first kappa shape index (κ1) is 12.4. The predicted octanol–water partition coefficient (Wildman–Crippen LogP) is 2.36. The summed E-state index contributed by atoms with van der Waals surface area (Å²) in [6, 6.07) is 1.17. The van der Waals surface area contributed by atoms with Crippen molar-refractivity contribution >= 4 is 5.69 Å². The third-order valence-corrected chi connectivity index (χ3v) is 3.57. The van der Waals surface area contributed by atoms with Gasteiger partial charge in [0.25, 0.3) is 0 Å². The molecule has 2 atom stereocenters. The van der Waals surface area contributed by atoms with Crippen LogP contribution >= 0.6 is 0 Å². The normalized spacial score (nSPS) is 22.4. The van der Waals surface area contributed by atoms with Crippen molar-refractivity contribution in [2.75, 3.05) is 11.9 Å². The molecule has 0 saturated carbocycles. The molecule has 0 amide bonds. The summed E-state index contributed by atoms with van der Waals surface area (Å²) < 4.78 is 0. The molecule has 1 aliphatic rings. The number of hydrogen-bond donors (Lipinski definition) is 3. The number of H-pyrrole nitrogens is 1. The van der Waals surface area contributed by atoms with Crippen molar-refractivity contribution in [2.45, 2.75) is 58.5 Å². The van der Waals surface area contributed by atoms with Gasteiger partial charge in [0.05, 0.1) is 17.1 Å². The summed E-state index contributed by atoms with van der Waals surface area (Å²) in [4.78, 5) is 0. The minimum atomic E-state index is 0.487. The molecule has 1 aromatic heterocycles. The largest absolute Gasteiger partial charge is 0.380 e. The maximum absolute atomic E-state index is 4.21. The summed E-state index contributed by atoms with van der Waals surface area (Å²) in [6.45, 7) is 7.54. The van der Waals surface area contributed by atoms with E-state index in [0.717, 1.165) is 11.4 Å². The van der Waals surface area contributed by atoms with Crippen molar-refractivity contribution in [1.29, 1.82) is 0 Å². The van der Waals surface area contributed by atoms with Gasteiger partial charge in [-0.2, -0.15) is 5.10 Å². The van der Waals surface area contributed by atoms with E-state index in [1.54, 1.807) is 0 Å². The molecule has 96 valence electrons. The number of piperidine rings is 1. The number of nitrogens with one attached hydrogen (secondary N) is 3. The van der Waals surface area contributed by atoms with Crippen LogP contribution in [0.15, 0.2) is 0 Å². The van der Waals surface area contributed by atoms with Gasteiger partial charge in [0.1, 0.15) is 0 Å². The van der Waals surface area contributed by atoms with Gasteiger partial charge in [-0.05, 0) is 46.6 Å². The maximum atomic E-state index is 4.21. The van der Waals surface area contributed by atoms with E-state index in [9.17, 15) is 0 Å². The molecule has 1 fully saturated rings. The Balaban J connectivity index is 1.86. The Hall–Kier alpha value is -1.03. The minimum absolute atomic E-state index is 0.487. The van der Waals surface area contributed by atoms with E-state index >= 15 is 0 Å². The zero-order valence-corrected chi connectivity index (χ0v) is 11.1. The summed E-state index contributed by atoms with van der Waals surface area (Å²) in [7, 11) is 0. The Morgan fingerprint density at radius 2 is 2.24 bits per heavy atom. The molecule has 0 bridgehead atoms. The summed E-state index contributed by atoms with van der Waals surface area (Å²) >= 11 is 0. The Morgan fingerprint density at radius 3 is 2.82 bits per heavy atom. The zero-order valence-electron chi connectivity index (χ0n) is 11.1. The molecule has 0 radical (unpaired) electrons. The third-order valence-electron chi connectivity index (χ3n) is 3.57. The Bertz CT molecular complexity index is 333. The minimum Gasteiger partial charge on any atom is -0.380 e. The van der Waals surface area contributed by atoms with E-state index in [2.05, 4.69) is 34.7 Å². The van der Waals surface area contributed by atoms with Crippen molar-refractivity contribution in [1.82, 2.24) is 15.5 Å². The number of hydrogen-bond acceptors (Lipinski definition) is 3. The van der Waals surface area contributed by atoms with Crippen LogP contribution in [-0.4, -0.2) is 28.8 Å². The Morgan fingerprint density at radius 1 is 1.41 bits per heavy atom. The molecular weight excluding hydrogens is 212 g/mol. The first-order chi connectivity index (χ1) is 8.16. The van der Waals surface area contributed by atoms with Crippen molar-refractivity contribution < 1.29 is 0 Å². The number of nitrogens with zero attached hydrogens (tertiary/aromatic N) is 1. The van der Waals surface area contributed by atoms with Gasteiger partial charge in [-0.1, -0.05) is 6.42 Å². The molecule has 1 aromatic rings. The van der Waals surface area contributed by atoms with Crippen LogP contribution in [0.3, 0.4) is 0 Å². The number of aromatic amines is 1. The number of aryl methyl sites for hydroxylation is 2. The molecule has 2 heterocycles. The fourth-order valence-corrected chi connectivity index (χ4v) is 2.62. The Labute approximate surface area is 104 Å². The van der Waals surface area contributed by atoms with Crippen LogP contribution in [0.25, 0.3) is 0 Å². The number of rotatable bonds is 4. The van der Waals surface area contributed by atoms with E-state index in [1.165, 1.54) is 37.9 Å². The first-order valence-corrected chi connectivity index (χ1v) is 6.68. The van der Waals surface area contributed by atoms with Gasteiger partial charge in [0, 0.05) is 12.1 Å². The second-order valence-electron chi connectivity index (χ2n) is 5.24. The van der Waals surface area contributed by atoms with Crippen LogP contribution in [0.5, 0.6) is 0 Å². The number of anilines is 1. The highest BCUT2D eigenvalue weighted by Crippen LogP contribution is 2.19. The van der Waals surface area contributed by atoms with E-state index in [4.69, 9.17) is 0 Å². The molecule has 4 heteroatoms. The van der Waals surface area contributed by atoms with Crippen LogP contribution in [0.1, 0.15) is 44.0 Å². The van der Waals surface area contributed by atoms with Crippen molar-refractivity contribution in [3.05, 3.63) is 11.4 Å². The number of aromatic nitrogens is 2. The molecule has 0 spiro atoms. The average molecular weight is 236 g/mol. The van der Waals surface area contributed by atoms with Gasteiger partial charge < -0.3 is 10.6 Å². The highest BCUT2D eigenvalue weighted by Gasteiger charge is 2.17. The van der Waals surface area contributed by atoms with Crippen molar-refractivity contribution in [3.8, 4) is 0 Å². The second-order valence-corrected chi connectivity index (χ2v) is 5.24. The first-order valence-electron chi connectivity index (χ1n) is 6.68. The highest BCUT2D eigenvalue weighted by atomic mass is 15.2. The molecule has 2 unspecified atom stereocenters. The summed E-state index contributed by atoms with van der Waals surface area (Å²) in [5.41, 5.74) is 3.37. The lowest BCUT2D eigenvalue weighted by atomic mass is 9.98. The van der Waals surface area contributed by atoms with Crippen molar-refractivity contribution in [2.24, 2.45) is 0 Å². The quantitative estimate of drug-likeness (QED) is 0.752. The summed E-state index contributed by atoms with van der Waals surface area (Å²) in [5, 5.41) is 14.4. The van der Waals surface area contributed by atoms with Crippen LogP contribution in [-0.2, 0) is 0 Å².